The summed E-state index contributed by atoms with van der Waals surface area (Å²) in [6.45, 7) is 17.6. The number of carbonyl (C=O) groups is 4. The van der Waals surface area contributed by atoms with E-state index < -0.39 is 40.6 Å². The SMILES string of the molecule is Cc1ccc(C(=O)Nc2ccc(CN3CCN(C)CC3)c(C(F)(F)F)c2)cc1C#Cc1cnc2cc(OCCOCCOCCOCCNC(=O)c3ccc([Si](C)(C)O[Si](C)(C)c4ccc(C(=O)NCCOCCOCCNC(=O)c5cccc(-c6cc(Nc7ccc(OC(F)(F)F)cc7)ncn6)c5)cc4)cc3)ccn12. The number of nitrogens with one attached hydrogen (secondary N) is 5. The van der Waals surface area contributed by atoms with Gasteiger partial charge in [0.15, 0.2) is 0 Å². The number of rotatable bonds is 37. The lowest BCUT2D eigenvalue weighted by molar-refractivity contribution is -0.274. The molecule has 111 heavy (non-hydrogen) atoms. The number of likely N-dealkylation sites (N-methyl/N-ethyl adjacent to an activating group) is 1. The number of anilines is 3. The predicted molar refractivity (Wildman–Crippen MR) is 413 cm³/mol. The van der Waals surface area contributed by atoms with Gasteiger partial charge >= 0.3 is 12.5 Å². The summed E-state index contributed by atoms with van der Waals surface area (Å²) in [6, 6.07) is 41.2. The van der Waals surface area contributed by atoms with Crippen molar-refractivity contribution in [2.45, 2.75) is 52.2 Å². The van der Waals surface area contributed by atoms with Gasteiger partial charge in [0.2, 0.25) is 16.6 Å². The number of alkyl halides is 6. The molecule has 4 heterocycles. The molecule has 0 spiro atoms. The van der Waals surface area contributed by atoms with Crippen LogP contribution in [0.25, 0.3) is 16.9 Å². The summed E-state index contributed by atoms with van der Waals surface area (Å²) < 4.78 is 127. The number of piperazine rings is 1. The first kappa shape index (κ1) is 83.1. The molecule has 0 radical (unpaired) electrons. The highest BCUT2D eigenvalue weighted by Gasteiger charge is 2.37. The Morgan fingerprint density at radius 1 is 0.532 bits per heavy atom. The van der Waals surface area contributed by atoms with Crippen molar-refractivity contribution in [2.24, 2.45) is 0 Å². The molecule has 23 nitrogen and oxygen atoms in total. The van der Waals surface area contributed by atoms with Crippen molar-refractivity contribution in [1.82, 2.24) is 45.1 Å². The molecule has 6 aromatic carbocycles. The number of imidazole rings is 1. The number of nitrogens with zero attached hydrogens (tertiary/aromatic N) is 6. The number of fused-ring (bicyclic) bond motifs is 1. The minimum Gasteiger partial charge on any atom is -0.491 e. The molecule has 5 N–H and O–H groups in total. The summed E-state index contributed by atoms with van der Waals surface area (Å²) in [5.74, 6) is 5.54. The molecule has 9 aromatic rings. The smallest absolute Gasteiger partial charge is 0.491 e. The molecule has 10 rings (SSSR count). The summed E-state index contributed by atoms with van der Waals surface area (Å²) in [6.07, 6.45) is -4.64. The topological polar surface area (TPSA) is 252 Å². The van der Waals surface area contributed by atoms with Gasteiger partial charge in [-0.25, -0.2) is 15.0 Å². The molecular formula is C80H89F6N11O12Si2. The molecular weight excluding hydrogens is 1480 g/mol. The van der Waals surface area contributed by atoms with Crippen LogP contribution < -0.4 is 46.4 Å². The van der Waals surface area contributed by atoms with E-state index in [1.807, 2.05) is 43.1 Å². The molecule has 3 aromatic heterocycles. The molecule has 0 bridgehead atoms. The molecule has 1 fully saturated rings. The third kappa shape index (κ3) is 25.6. The Labute approximate surface area is 641 Å². The molecule has 586 valence electrons. The lowest BCUT2D eigenvalue weighted by Gasteiger charge is -2.34. The quantitative estimate of drug-likeness (QED) is 0.0105. The number of aromatic nitrogens is 4. The van der Waals surface area contributed by atoms with Gasteiger partial charge in [-0.05, 0) is 159 Å². The van der Waals surface area contributed by atoms with Gasteiger partial charge in [-0.15, -0.1) is 13.2 Å². The number of hydrogen-bond donors (Lipinski definition) is 5. The predicted octanol–water partition coefficient (Wildman–Crippen LogP) is 10.8. The molecule has 0 aliphatic carbocycles. The maximum absolute atomic E-state index is 14.2. The van der Waals surface area contributed by atoms with Crippen molar-refractivity contribution in [3.8, 4) is 34.6 Å². The van der Waals surface area contributed by atoms with Gasteiger partial charge in [-0.3, -0.25) is 28.5 Å². The second-order valence-corrected chi connectivity index (χ2v) is 35.0. The van der Waals surface area contributed by atoms with Crippen LogP contribution in [0.5, 0.6) is 11.5 Å². The number of benzene rings is 6. The lowest BCUT2D eigenvalue weighted by atomic mass is 10.0. The number of pyridine rings is 1. The van der Waals surface area contributed by atoms with Crippen molar-refractivity contribution in [1.29, 1.82) is 0 Å². The van der Waals surface area contributed by atoms with Crippen LogP contribution >= 0.6 is 0 Å². The highest BCUT2D eigenvalue weighted by atomic mass is 28.4. The van der Waals surface area contributed by atoms with Gasteiger partial charge in [0.25, 0.3) is 23.6 Å². The van der Waals surface area contributed by atoms with Crippen LogP contribution in [0.3, 0.4) is 0 Å². The van der Waals surface area contributed by atoms with Crippen LogP contribution in [-0.4, -0.2) is 201 Å². The van der Waals surface area contributed by atoms with Crippen LogP contribution in [-0.2, 0) is 40.5 Å². The first-order valence-corrected chi connectivity index (χ1v) is 41.9. The summed E-state index contributed by atoms with van der Waals surface area (Å²) in [7, 11) is -2.94. The Morgan fingerprint density at radius 3 is 1.67 bits per heavy atom. The van der Waals surface area contributed by atoms with E-state index in [9.17, 15) is 45.5 Å². The third-order valence-corrected chi connectivity index (χ3v) is 25.4. The maximum Gasteiger partial charge on any atom is 0.573 e. The zero-order chi connectivity index (χ0) is 79.0. The molecule has 1 saturated heterocycles. The van der Waals surface area contributed by atoms with Gasteiger partial charge in [0.05, 0.1) is 83.5 Å². The fraction of sp³-hybridized carbons (Fsp3) is 0.338. The van der Waals surface area contributed by atoms with Crippen LogP contribution in [0, 0.1) is 18.8 Å². The van der Waals surface area contributed by atoms with Crippen LogP contribution in [0.4, 0.5) is 43.5 Å². The monoisotopic (exact) mass is 1570 g/mol. The molecule has 1 aliphatic rings. The Bertz CT molecular complexity index is 4670. The zero-order valence-electron chi connectivity index (χ0n) is 62.5. The van der Waals surface area contributed by atoms with E-state index in [0.717, 1.165) is 35.1 Å². The highest BCUT2D eigenvalue weighted by Crippen LogP contribution is 2.35. The molecule has 0 atom stereocenters. The minimum atomic E-state index is -4.80. The van der Waals surface area contributed by atoms with Crippen molar-refractivity contribution in [2.75, 3.05) is 136 Å². The molecule has 31 heteroatoms. The first-order valence-electron chi connectivity index (χ1n) is 36.1. The Balaban J connectivity index is 0.538. The first-order chi connectivity index (χ1) is 53.2. The van der Waals surface area contributed by atoms with Crippen molar-refractivity contribution >= 4 is 73.5 Å². The summed E-state index contributed by atoms with van der Waals surface area (Å²) in [4.78, 5) is 69.5. The Morgan fingerprint density at radius 2 is 1.08 bits per heavy atom. The van der Waals surface area contributed by atoms with Crippen molar-refractivity contribution in [3.63, 3.8) is 0 Å². The minimum absolute atomic E-state index is 0.0466. The van der Waals surface area contributed by atoms with E-state index in [-0.39, 0.29) is 93.0 Å². The second-order valence-electron chi connectivity index (χ2n) is 26.9. The van der Waals surface area contributed by atoms with Crippen molar-refractivity contribution in [3.05, 3.63) is 221 Å². The van der Waals surface area contributed by atoms with E-state index in [0.29, 0.717) is 121 Å². The molecule has 0 saturated carbocycles. The molecule has 0 unspecified atom stereocenters. The molecule has 4 amide bonds. The number of carbonyl (C=O) groups excluding carboxylic acids is 4. The maximum atomic E-state index is 14.2. The Kier molecular flexibility index (Phi) is 29.6. The lowest BCUT2D eigenvalue weighted by Crippen LogP contribution is -2.57. The number of aryl methyl sites for hydroxylation is 1. The fourth-order valence-corrected chi connectivity index (χ4v) is 19.9. The number of hydrogen-bond acceptors (Lipinski definition) is 18. The number of amides is 4. The normalized spacial score (nSPS) is 12.9. The van der Waals surface area contributed by atoms with Gasteiger partial charge < -0.3 is 68.8 Å². The van der Waals surface area contributed by atoms with E-state index in [2.05, 4.69) is 89.2 Å². The van der Waals surface area contributed by atoms with E-state index in [1.165, 1.54) is 42.7 Å². The summed E-state index contributed by atoms with van der Waals surface area (Å²) in [5, 5.41) is 16.3. The van der Waals surface area contributed by atoms with E-state index in [4.69, 9.17) is 32.5 Å². The van der Waals surface area contributed by atoms with Crippen LogP contribution in [0.2, 0.25) is 26.2 Å². The van der Waals surface area contributed by atoms with Crippen LogP contribution in [0.15, 0.2) is 170 Å². The van der Waals surface area contributed by atoms with Gasteiger partial charge in [0.1, 0.15) is 41.6 Å². The zero-order valence-corrected chi connectivity index (χ0v) is 64.5. The van der Waals surface area contributed by atoms with Crippen LogP contribution in [0.1, 0.15) is 69.4 Å². The van der Waals surface area contributed by atoms with E-state index >= 15 is 0 Å². The summed E-state index contributed by atoms with van der Waals surface area (Å²) in [5.41, 5.74) is 5.31. The largest absolute Gasteiger partial charge is 0.573 e. The van der Waals surface area contributed by atoms with Gasteiger partial charge in [-0.1, -0.05) is 54.5 Å². The average Bonchev–Trinajstić information content (AvgIpc) is 1.80. The van der Waals surface area contributed by atoms with E-state index in [1.54, 1.807) is 102 Å². The second kappa shape index (κ2) is 39.5. The number of halogens is 6. The van der Waals surface area contributed by atoms with Crippen molar-refractivity contribution < 1.29 is 82.8 Å². The standard InChI is InChI=1S/C80H89F6N11O12Si2/c1-56-10-11-62(78(101)94-65-18-12-63(71(50-65)79(81,82)83)54-96-35-33-95(2)34-36-96)48-59(56)13-21-66-53-90-74-51-68(28-32-97(66)74)107-47-46-106-45-44-105-43-42-104-38-30-88-76(99)58-16-26-70(27-17-58)111(5,6)109-110(3,4)69-24-14-57(15-25-69)75(98)87-29-37-102-40-41-103-39-31-89-77(100)61-9-7-8-60(49-61)72-52-73(92-55-91-72)93-64-19-22-67(23-20-64)108-80(84,85)86/h7-12,14-20,22-28,32,48-53,55H,29-31,33-47,54H2,1-6H3,(H,87,98)(H,88,99)(H,89,100)(H,94,101)(H,91,92,93). The fourth-order valence-electron chi connectivity index (χ4n) is 11.9. The third-order valence-electron chi connectivity index (χ3n) is 17.8. The van der Waals surface area contributed by atoms with Gasteiger partial charge in [0, 0.05) is 115 Å². The number of ether oxygens (including phenoxy) is 7. The molecule has 1 aliphatic heterocycles. The van der Waals surface area contributed by atoms with Gasteiger partial charge in [-0.2, -0.15) is 13.2 Å². The summed E-state index contributed by atoms with van der Waals surface area (Å²) >= 11 is 0. The Hall–Kier alpha value is -10.4. The highest BCUT2D eigenvalue weighted by molar-refractivity contribution is 6.96. The average molecular weight is 1570 g/mol.